The summed E-state index contributed by atoms with van der Waals surface area (Å²) < 4.78 is 24.8. The second kappa shape index (κ2) is 2.18. The van der Waals surface area contributed by atoms with Crippen molar-refractivity contribution >= 4 is 5.97 Å². The Morgan fingerprint density at radius 3 is 2.25 bits per heavy atom. The fourth-order valence-corrected chi connectivity index (χ4v) is 2.60. The highest BCUT2D eigenvalue weighted by molar-refractivity contribution is 5.71. The summed E-state index contributed by atoms with van der Waals surface area (Å²) in [5.41, 5.74) is -0.923. The average molecular weight is 176 g/mol. The Bertz CT molecular complexity index is 221. The van der Waals surface area contributed by atoms with E-state index in [1.807, 2.05) is 0 Å². The molecule has 0 spiro atoms. The predicted octanol–water partition coefficient (Wildman–Crippen LogP) is 1.75. The van der Waals surface area contributed by atoms with Crippen molar-refractivity contribution in [1.82, 2.24) is 0 Å². The molecule has 3 aliphatic carbocycles. The van der Waals surface area contributed by atoms with Gasteiger partial charge in [-0.25, -0.2) is 8.78 Å². The van der Waals surface area contributed by atoms with E-state index < -0.39 is 23.7 Å². The van der Waals surface area contributed by atoms with Gasteiger partial charge in [0.1, 0.15) is 0 Å². The van der Waals surface area contributed by atoms with E-state index >= 15 is 0 Å². The van der Waals surface area contributed by atoms with Crippen LogP contribution in [0.2, 0.25) is 0 Å². The molecule has 1 atom stereocenters. The second-order valence-electron chi connectivity index (χ2n) is 3.98. The van der Waals surface area contributed by atoms with Crippen molar-refractivity contribution in [2.24, 2.45) is 17.3 Å². The van der Waals surface area contributed by atoms with Gasteiger partial charge in [-0.3, -0.25) is 4.79 Å². The van der Waals surface area contributed by atoms with Crippen LogP contribution in [0, 0.1) is 17.3 Å². The van der Waals surface area contributed by atoms with Crippen LogP contribution in [0.5, 0.6) is 0 Å². The molecule has 0 saturated heterocycles. The number of halogens is 2. The van der Waals surface area contributed by atoms with Gasteiger partial charge in [-0.2, -0.15) is 0 Å². The normalized spacial score (nSPS) is 44.6. The molecule has 4 heteroatoms. The maximum atomic E-state index is 12.4. The number of hydrogen-bond acceptors (Lipinski definition) is 1. The molecule has 68 valence electrons. The van der Waals surface area contributed by atoms with E-state index in [2.05, 4.69) is 0 Å². The molecule has 0 aromatic rings. The van der Waals surface area contributed by atoms with E-state index in [1.165, 1.54) is 0 Å². The van der Waals surface area contributed by atoms with Crippen LogP contribution in [0.4, 0.5) is 8.78 Å². The Kier molecular flexibility index (Phi) is 1.44. The van der Waals surface area contributed by atoms with Crippen LogP contribution in [0.1, 0.15) is 19.3 Å². The lowest BCUT2D eigenvalue weighted by Crippen LogP contribution is -2.35. The molecule has 3 fully saturated rings. The molecule has 0 radical (unpaired) electrons. The lowest BCUT2D eigenvalue weighted by Gasteiger charge is -2.37. The number of alkyl halides is 2. The van der Waals surface area contributed by atoms with E-state index in [1.54, 1.807) is 0 Å². The lowest BCUT2D eigenvalue weighted by molar-refractivity contribution is -0.142. The standard InChI is InChI=1S/C8H10F2O2/c9-7(10)8-1-4(2-8)5(3-8)6(11)12/h4-5,7H,1-3H2,(H,11,12). The van der Waals surface area contributed by atoms with Gasteiger partial charge in [0.2, 0.25) is 6.43 Å². The number of fused-ring (bicyclic) bond motifs is 1. The summed E-state index contributed by atoms with van der Waals surface area (Å²) in [5.74, 6) is -1.38. The summed E-state index contributed by atoms with van der Waals surface area (Å²) in [4.78, 5) is 10.6. The predicted molar refractivity (Wildman–Crippen MR) is 36.9 cm³/mol. The minimum Gasteiger partial charge on any atom is -0.481 e. The van der Waals surface area contributed by atoms with E-state index in [0.717, 1.165) is 0 Å². The van der Waals surface area contributed by atoms with Crippen molar-refractivity contribution in [3.63, 3.8) is 0 Å². The topological polar surface area (TPSA) is 37.3 Å². The number of carboxylic acids is 1. The SMILES string of the molecule is O=C(O)C1CC2(C(F)F)CC1C2. The van der Waals surface area contributed by atoms with Crippen LogP contribution in [0.25, 0.3) is 0 Å². The molecule has 2 nitrogen and oxygen atoms in total. The number of carbonyl (C=O) groups is 1. The number of aliphatic carboxylic acids is 1. The van der Waals surface area contributed by atoms with Crippen LogP contribution in [-0.2, 0) is 4.79 Å². The highest BCUT2D eigenvalue weighted by atomic mass is 19.3. The number of rotatable bonds is 2. The zero-order valence-corrected chi connectivity index (χ0v) is 6.46. The lowest BCUT2D eigenvalue weighted by atomic mass is 9.69. The molecule has 3 saturated carbocycles. The first-order valence-electron chi connectivity index (χ1n) is 4.06. The molecule has 3 aliphatic rings. The molecular formula is C8H10F2O2. The second-order valence-corrected chi connectivity index (χ2v) is 3.98. The van der Waals surface area contributed by atoms with Crippen molar-refractivity contribution in [3.05, 3.63) is 0 Å². The number of hydrogen-bond donors (Lipinski definition) is 1. The van der Waals surface area contributed by atoms with Gasteiger partial charge < -0.3 is 5.11 Å². The third-order valence-electron chi connectivity index (χ3n) is 3.31. The van der Waals surface area contributed by atoms with Gasteiger partial charge in [0.25, 0.3) is 0 Å². The third kappa shape index (κ3) is 0.807. The quantitative estimate of drug-likeness (QED) is 0.695. The minimum atomic E-state index is -2.34. The van der Waals surface area contributed by atoms with Gasteiger partial charge >= 0.3 is 5.97 Å². The average Bonchev–Trinajstić information content (AvgIpc) is 2.36. The number of carboxylic acid groups (broad SMARTS) is 1. The highest BCUT2D eigenvalue weighted by Crippen LogP contribution is 2.64. The molecule has 0 aliphatic heterocycles. The fourth-order valence-electron chi connectivity index (χ4n) is 2.60. The van der Waals surface area contributed by atoms with Gasteiger partial charge in [0.15, 0.2) is 0 Å². The molecule has 0 aromatic carbocycles. The molecule has 0 heterocycles. The molecule has 0 aromatic heterocycles. The molecule has 12 heavy (non-hydrogen) atoms. The van der Waals surface area contributed by atoms with E-state index in [-0.39, 0.29) is 12.3 Å². The summed E-state index contributed by atoms with van der Waals surface area (Å²) in [6, 6.07) is 0. The monoisotopic (exact) mass is 176 g/mol. The Hall–Kier alpha value is -0.670. The zero-order chi connectivity index (χ0) is 8.93. The van der Waals surface area contributed by atoms with Crippen molar-refractivity contribution in [1.29, 1.82) is 0 Å². The summed E-state index contributed by atoms with van der Waals surface area (Å²) in [6.07, 6.45) is -1.31. The van der Waals surface area contributed by atoms with E-state index in [9.17, 15) is 13.6 Å². The third-order valence-corrected chi connectivity index (χ3v) is 3.31. The molecule has 1 unspecified atom stereocenters. The van der Waals surface area contributed by atoms with Crippen LogP contribution in [0.3, 0.4) is 0 Å². The van der Waals surface area contributed by atoms with Crippen LogP contribution in [-0.4, -0.2) is 17.5 Å². The first kappa shape index (κ1) is 7.95. The first-order valence-corrected chi connectivity index (χ1v) is 4.06. The van der Waals surface area contributed by atoms with Gasteiger partial charge in [-0.05, 0) is 25.2 Å². The molecule has 2 bridgehead atoms. The van der Waals surface area contributed by atoms with Crippen LogP contribution in [0.15, 0.2) is 0 Å². The molecule has 3 rings (SSSR count). The van der Waals surface area contributed by atoms with Gasteiger partial charge in [0, 0.05) is 5.41 Å². The largest absolute Gasteiger partial charge is 0.481 e. The maximum Gasteiger partial charge on any atom is 0.306 e. The molecular weight excluding hydrogens is 166 g/mol. The Labute approximate surface area is 68.6 Å². The minimum absolute atomic E-state index is 0.0245. The molecule has 1 N–H and O–H groups in total. The van der Waals surface area contributed by atoms with Crippen LogP contribution >= 0.6 is 0 Å². The van der Waals surface area contributed by atoms with Crippen molar-refractivity contribution < 1.29 is 18.7 Å². The summed E-state index contributed by atoms with van der Waals surface area (Å²) >= 11 is 0. The summed E-state index contributed by atoms with van der Waals surface area (Å²) in [6.45, 7) is 0. The van der Waals surface area contributed by atoms with Gasteiger partial charge in [0.05, 0.1) is 5.92 Å². The summed E-state index contributed by atoms with van der Waals surface area (Å²) in [5, 5.41) is 8.66. The van der Waals surface area contributed by atoms with Crippen molar-refractivity contribution in [2.75, 3.05) is 0 Å². The smallest absolute Gasteiger partial charge is 0.306 e. The van der Waals surface area contributed by atoms with Gasteiger partial charge in [-0.1, -0.05) is 0 Å². The Morgan fingerprint density at radius 1 is 1.42 bits per heavy atom. The van der Waals surface area contributed by atoms with Crippen molar-refractivity contribution in [2.45, 2.75) is 25.7 Å². The van der Waals surface area contributed by atoms with E-state index in [4.69, 9.17) is 5.11 Å². The fraction of sp³-hybridized carbons (Fsp3) is 0.875. The van der Waals surface area contributed by atoms with Crippen LogP contribution < -0.4 is 0 Å². The van der Waals surface area contributed by atoms with E-state index in [0.29, 0.717) is 12.8 Å². The zero-order valence-electron chi connectivity index (χ0n) is 6.46. The highest BCUT2D eigenvalue weighted by Gasteiger charge is 2.62. The van der Waals surface area contributed by atoms with Gasteiger partial charge in [-0.15, -0.1) is 0 Å². The maximum absolute atomic E-state index is 12.4. The Morgan fingerprint density at radius 2 is 2.00 bits per heavy atom. The van der Waals surface area contributed by atoms with Crippen molar-refractivity contribution in [3.8, 4) is 0 Å². The molecule has 0 amide bonds. The Balaban J connectivity index is 2.10. The first-order chi connectivity index (χ1) is 5.55. The summed E-state index contributed by atoms with van der Waals surface area (Å²) in [7, 11) is 0.